The Morgan fingerprint density at radius 3 is 2.50 bits per heavy atom. The highest BCUT2D eigenvalue weighted by atomic mass is 35.5. The second kappa shape index (κ2) is 6.07. The van der Waals surface area contributed by atoms with Crippen LogP contribution in [0.1, 0.15) is 36.0 Å². The van der Waals surface area contributed by atoms with Crippen LogP contribution in [0.5, 0.6) is 0 Å². The molecule has 1 fully saturated rings. The van der Waals surface area contributed by atoms with Crippen LogP contribution in [0.4, 0.5) is 5.69 Å². The molecule has 0 aliphatic carbocycles. The number of benzene rings is 1. The number of hydrogen-bond acceptors (Lipinski definition) is 3. The molecular weight excluding hydrogens is 250 g/mol. The fraction of sp³-hybridized carbons (Fsp3) is 0.462. The molecule has 1 heterocycles. The summed E-state index contributed by atoms with van der Waals surface area (Å²) in [5.41, 5.74) is 3.72. The number of amides is 1. The van der Waals surface area contributed by atoms with E-state index in [9.17, 15) is 4.79 Å². The van der Waals surface area contributed by atoms with Gasteiger partial charge in [-0.2, -0.15) is 0 Å². The summed E-state index contributed by atoms with van der Waals surface area (Å²) in [5.74, 6) is 5.44. The smallest absolute Gasteiger partial charge is 0.256 e. The number of carbonyl (C=O) groups excluding carboxylic acids is 1. The lowest BCUT2D eigenvalue weighted by Crippen LogP contribution is -2.32. The molecule has 0 bridgehead atoms. The molecule has 1 aliphatic heterocycles. The molecule has 2 rings (SSSR count). The molecule has 0 unspecified atom stereocenters. The number of likely N-dealkylation sites (tertiary alicyclic amines) is 1. The molecular formula is C13H18ClN3O. The van der Waals surface area contributed by atoms with E-state index in [2.05, 4.69) is 5.43 Å². The van der Waals surface area contributed by atoms with Crippen molar-refractivity contribution in [1.82, 2.24) is 4.90 Å². The molecule has 0 saturated carbocycles. The molecule has 0 spiro atoms. The number of hydrogen-bond donors (Lipinski definition) is 2. The van der Waals surface area contributed by atoms with Crippen molar-refractivity contribution in [2.75, 3.05) is 18.5 Å². The topological polar surface area (TPSA) is 58.4 Å². The van der Waals surface area contributed by atoms with Gasteiger partial charge in [-0.15, -0.1) is 0 Å². The maximum atomic E-state index is 12.5. The number of rotatable bonds is 2. The Labute approximate surface area is 112 Å². The molecule has 1 aromatic rings. The van der Waals surface area contributed by atoms with Crippen LogP contribution in [0.25, 0.3) is 0 Å². The Balaban J connectivity index is 2.23. The lowest BCUT2D eigenvalue weighted by molar-refractivity contribution is 0.0762. The third kappa shape index (κ3) is 2.94. The summed E-state index contributed by atoms with van der Waals surface area (Å²) in [6.07, 6.45) is 4.53. The minimum Gasteiger partial charge on any atom is -0.339 e. The molecule has 5 heteroatoms. The highest BCUT2D eigenvalue weighted by Crippen LogP contribution is 2.22. The van der Waals surface area contributed by atoms with Crippen LogP contribution < -0.4 is 11.3 Å². The summed E-state index contributed by atoms with van der Waals surface area (Å²) in [4.78, 5) is 14.3. The Morgan fingerprint density at radius 2 is 1.89 bits per heavy atom. The van der Waals surface area contributed by atoms with Gasteiger partial charge in [0.05, 0.1) is 11.3 Å². The lowest BCUT2D eigenvalue weighted by Gasteiger charge is -2.21. The highest BCUT2D eigenvalue weighted by molar-refractivity contribution is 6.31. The fourth-order valence-electron chi connectivity index (χ4n) is 2.26. The average molecular weight is 268 g/mol. The molecule has 0 radical (unpaired) electrons. The zero-order chi connectivity index (χ0) is 13.0. The first-order valence-electron chi connectivity index (χ1n) is 6.28. The lowest BCUT2D eigenvalue weighted by atomic mass is 10.1. The number of anilines is 1. The number of nitrogens with zero attached hydrogens (tertiary/aromatic N) is 1. The normalized spacial score (nSPS) is 16.2. The van der Waals surface area contributed by atoms with Crippen LogP contribution in [-0.2, 0) is 0 Å². The Bertz CT molecular complexity index is 428. The summed E-state index contributed by atoms with van der Waals surface area (Å²) < 4.78 is 0. The minimum atomic E-state index is 0.00681. The van der Waals surface area contributed by atoms with Crippen molar-refractivity contribution >= 4 is 23.2 Å². The van der Waals surface area contributed by atoms with Crippen molar-refractivity contribution in [1.29, 1.82) is 0 Å². The molecule has 18 heavy (non-hydrogen) atoms. The van der Waals surface area contributed by atoms with Crippen molar-refractivity contribution in [2.45, 2.75) is 25.7 Å². The summed E-state index contributed by atoms with van der Waals surface area (Å²) in [6, 6.07) is 5.12. The molecule has 4 nitrogen and oxygen atoms in total. The van der Waals surface area contributed by atoms with E-state index < -0.39 is 0 Å². The number of nitrogen functional groups attached to an aromatic ring is 1. The summed E-state index contributed by atoms with van der Waals surface area (Å²) >= 11 is 5.95. The first-order valence-corrected chi connectivity index (χ1v) is 6.65. The first-order chi connectivity index (χ1) is 8.72. The predicted molar refractivity (Wildman–Crippen MR) is 73.6 cm³/mol. The van der Waals surface area contributed by atoms with Gasteiger partial charge in [-0.3, -0.25) is 10.6 Å². The fourth-order valence-corrected chi connectivity index (χ4v) is 2.44. The maximum absolute atomic E-state index is 12.5. The SMILES string of the molecule is NNc1ccc(Cl)cc1C(=O)N1CCCCCC1. The second-order valence-corrected chi connectivity index (χ2v) is 4.98. The number of nitrogens with one attached hydrogen (secondary N) is 1. The van der Waals surface area contributed by atoms with E-state index in [1.165, 1.54) is 12.8 Å². The van der Waals surface area contributed by atoms with Gasteiger partial charge in [-0.25, -0.2) is 0 Å². The third-order valence-corrected chi connectivity index (χ3v) is 3.50. The molecule has 1 aliphatic rings. The Kier molecular flexibility index (Phi) is 4.44. The van der Waals surface area contributed by atoms with Crippen LogP contribution in [0, 0.1) is 0 Å². The van der Waals surface area contributed by atoms with Crippen LogP contribution in [-0.4, -0.2) is 23.9 Å². The highest BCUT2D eigenvalue weighted by Gasteiger charge is 2.20. The van der Waals surface area contributed by atoms with Crippen LogP contribution in [0.3, 0.4) is 0 Å². The van der Waals surface area contributed by atoms with Gasteiger partial charge < -0.3 is 10.3 Å². The van der Waals surface area contributed by atoms with E-state index in [0.717, 1.165) is 25.9 Å². The van der Waals surface area contributed by atoms with E-state index in [-0.39, 0.29) is 5.91 Å². The summed E-state index contributed by atoms with van der Waals surface area (Å²) in [6.45, 7) is 1.63. The molecule has 98 valence electrons. The zero-order valence-corrected chi connectivity index (χ0v) is 11.0. The van der Waals surface area contributed by atoms with E-state index in [1.54, 1.807) is 18.2 Å². The van der Waals surface area contributed by atoms with Gasteiger partial charge in [0.1, 0.15) is 0 Å². The van der Waals surface area contributed by atoms with Crippen molar-refractivity contribution in [3.05, 3.63) is 28.8 Å². The van der Waals surface area contributed by atoms with Gasteiger partial charge in [0, 0.05) is 18.1 Å². The van der Waals surface area contributed by atoms with E-state index in [1.807, 2.05) is 4.90 Å². The standard InChI is InChI=1S/C13H18ClN3O/c14-10-5-6-12(16-15)11(9-10)13(18)17-7-3-1-2-4-8-17/h5-6,9,16H,1-4,7-8,15H2. The van der Waals surface area contributed by atoms with Crippen molar-refractivity contribution < 1.29 is 4.79 Å². The van der Waals surface area contributed by atoms with Gasteiger partial charge in [-0.05, 0) is 31.0 Å². The molecule has 1 amide bonds. The van der Waals surface area contributed by atoms with Gasteiger partial charge in [0.2, 0.25) is 0 Å². The van der Waals surface area contributed by atoms with Gasteiger partial charge in [-0.1, -0.05) is 24.4 Å². The van der Waals surface area contributed by atoms with Crippen LogP contribution in [0.15, 0.2) is 18.2 Å². The Hall–Kier alpha value is -1.26. The van der Waals surface area contributed by atoms with E-state index in [0.29, 0.717) is 16.3 Å². The maximum Gasteiger partial charge on any atom is 0.256 e. The van der Waals surface area contributed by atoms with Gasteiger partial charge >= 0.3 is 0 Å². The third-order valence-electron chi connectivity index (χ3n) is 3.26. The number of carbonyl (C=O) groups is 1. The second-order valence-electron chi connectivity index (χ2n) is 4.54. The van der Waals surface area contributed by atoms with Crippen LogP contribution >= 0.6 is 11.6 Å². The van der Waals surface area contributed by atoms with E-state index in [4.69, 9.17) is 17.4 Å². The quantitative estimate of drug-likeness (QED) is 0.640. The zero-order valence-electron chi connectivity index (χ0n) is 10.3. The monoisotopic (exact) mass is 267 g/mol. The summed E-state index contributed by atoms with van der Waals surface area (Å²) in [7, 11) is 0. The summed E-state index contributed by atoms with van der Waals surface area (Å²) in [5, 5.41) is 0.548. The van der Waals surface area contributed by atoms with E-state index >= 15 is 0 Å². The molecule has 0 aromatic heterocycles. The Morgan fingerprint density at radius 1 is 1.22 bits per heavy atom. The van der Waals surface area contributed by atoms with Gasteiger partial charge in [0.15, 0.2) is 0 Å². The molecule has 1 aromatic carbocycles. The number of halogens is 1. The van der Waals surface area contributed by atoms with Crippen molar-refractivity contribution in [3.8, 4) is 0 Å². The molecule has 1 saturated heterocycles. The average Bonchev–Trinajstić information content (AvgIpc) is 2.66. The number of nitrogens with two attached hydrogens (primary N) is 1. The molecule has 0 atom stereocenters. The predicted octanol–water partition coefficient (Wildman–Crippen LogP) is 2.64. The molecule has 3 N–H and O–H groups in total. The number of hydrazine groups is 1. The van der Waals surface area contributed by atoms with Gasteiger partial charge in [0.25, 0.3) is 5.91 Å². The van der Waals surface area contributed by atoms with Crippen molar-refractivity contribution in [3.63, 3.8) is 0 Å². The van der Waals surface area contributed by atoms with Crippen LogP contribution in [0.2, 0.25) is 5.02 Å². The first kappa shape index (κ1) is 13.2. The van der Waals surface area contributed by atoms with Crippen molar-refractivity contribution in [2.24, 2.45) is 5.84 Å². The largest absolute Gasteiger partial charge is 0.339 e. The minimum absolute atomic E-state index is 0.00681.